The molecule has 3 nitrogen and oxygen atoms in total. The maximum absolute atomic E-state index is 6.36. The molecule has 0 amide bonds. The molecule has 3 aromatic carbocycles. The topological polar surface area (TPSA) is 27.7 Å². The molecule has 164 valence electrons. The van der Waals surface area contributed by atoms with Gasteiger partial charge in [0.25, 0.3) is 0 Å². The van der Waals surface area contributed by atoms with Crippen LogP contribution in [0.5, 0.6) is 17.2 Å². The Hall–Kier alpha value is -3.20. The third-order valence-corrected chi connectivity index (χ3v) is 6.46. The fourth-order valence-electron chi connectivity index (χ4n) is 4.51. The van der Waals surface area contributed by atoms with Gasteiger partial charge in [0, 0.05) is 11.5 Å². The van der Waals surface area contributed by atoms with E-state index in [2.05, 4.69) is 76.2 Å². The molecule has 0 spiro atoms. The lowest BCUT2D eigenvalue weighted by Crippen LogP contribution is -2.28. The van der Waals surface area contributed by atoms with Crippen LogP contribution in [-0.4, -0.2) is 12.2 Å². The van der Waals surface area contributed by atoms with Gasteiger partial charge in [-0.05, 0) is 80.7 Å². The Morgan fingerprint density at radius 1 is 1.00 bits per heavy atom. The van der Waals surface area contributed by atoms with Crippen molar-refractivity contribution in [1.29, 1.82) is 0 Å². The molecule has 0 saturated carbocycles. The van der Waals surface area contributed by atoms with E-state index >= 15 is 0 Å². The SMILES string of the molecule is Cc1cc(OCc2ccccc2)c(C2COc3c(ccc4c3C=CC(C)(C)O4)C2)cc1C. The van der Waals surface area contributed by atoms with Crippen molar-refractivity contribution in [3.63, 3.8) is 0 Å². The van der Waals surface area contributed by atoms with Gasteiger partial charge in [-0.25, -0.2) is 0 Å². The molecule has 0 aromatic heterocycles. The van der Waals surface area contributed by atoms with Gasteiger partial charge in [-0.2, -0.15) is 0 Å². The third kappa shape index (κ3) is 4.00. The summed E-state index contributed by atoms with van der Waals surface area (Å²) in [6.07, 6.45) is 5.16. The van der Waals surface area contributed by atoms with Crippen LogP contribution in [0.3, 0.4) is 0 Å². The maximum Gasteiger partial charge on any atom is 0.133 e. The molecule has 32 heavy (non-hydrogen) atoms. The lowest BCUT2D eigenvalue weighted by Gasteiger charge is -2.33. The summed E-state index contributed by atoms with van der Waals surface area (Å²) in [6, 6.07) is 19.0. The molecule has 0 bridgehead atoms. The zero-order chi connectivity index (χ0) is 22.3. The molecule has 1 atom stereocenters. The molecule has 0 saturated heterocycles. The Bertz CT molecular complexity index is 1170. The highest BCUT2D eigenvalue weighted by Gasteiger charge is 2.30. The smallest absolute Gasteiger partial charge is 0.133 e. The van der Waals surface area contributed by atoms with Crippen LogP contribution >= 0.6 is 0 Å². The van der Waals surface area contributed by atoms with Gasteiger partial charge in [0.2, 0.25) is 0 Å². The lowest BCUT2D eigenvalue weighted by atomic mass is 9.86. The number of hydrogen-bond donors (Lipinski definition) is 0. The zero-order valence-corrected chi connectivity index (χ0v) is 19.3. The van der Waals surface area contributed by atoms with Gasteiger partial charge in [-0.1, -0.05) is 42.5 Å². The first-order chi connectivity index (χ1) is 15.4. The van der Waals surface area contributed by atoms with Crippen LogP contribution in [0.25, 0.3) is 6.08 Å². The summed E-state index contributed by atoms with van der Waals surface area (Å²) in [5.41, 5.74) is 6.91. The van der Waals surface area contributed by atoms with Crippen molar-refractivity contribution in [1.82, 2.24) is 0 Å². The molecule has 2 heterocycles. The molecular formula is C29H30O3. The quantitative estimate of drug-likeness (QED) is 0.460. The second-order valence-electron chi connectivity index (χ2n) is 9.47. The molecule has 3 heteroatoms. The first-order valence-corrected chi connectivity index (χ1v) is 11.3. The average molecular weight is 427 g/mol. The fraction of sp³-hybridized carbons (Fsp3) is 0.310. The number of aryl methyl sites for hydroxylation is 2. The summed E-state index contributed by atoms with van der Waals surface area (Å²) in [5.74, 6) is 3.06. The van der Waals surface area contributed by atoms with Gasteiger partial charge in [0.05, 0.1) is 12.2 Å². The summed E-state index contributed by atoms with van der Waals surface area (Å²) in [7, 11) is 0. The van der Waals surface area contributed by atoms with E-state index in [1.807, 2.05) is 18.2 Å². The highest BCUT2D eigenvalue weighted by molar-refractivity contribution is 5.69. The molecule has 0 fully saturated rings. The number of hydrogen-bond acceptors (Lipinski definition) is 3. The summed E-state index contributed by atoms with van der Waals surface area (Å²) in [5, 5.41) is 0. The number of rotatable bonds is 4. The minimum absolute atomic E-state index is 0.246. The van der Waals surface area contributed by atoms with Gasteiger partial charge in [0.1, 0.15) is 29.5 Å². The molecular weight excluding hydrogens is 396 g/mol. The second kappa shape index (κ2) is 8.05. The predicted molar refractivity (Wildman–Crippen MR) is 129 cm³/mol. The Labute approximate surface area is 190 Å². The normalized spacial score (nSPS) is 18.2. The van der Waals surface area contributed by atoms with E-state index in [9.17, 15) is 0 Å². The van der Waals surface area contributed by atoms with Crippen molar-refractivity contribution in [3.05, 3.63) is 94.1 Å². The van der Waals surface area contributed by atoms with Crippen LogP contribution in [0.2, 0.25) is 0 Å². The Kier molecular flexibility index (Phi) is 5.21. The third-order valence-electron chi connectivity index (χ3n) is 6.46. The van der Waals surface area contributed by atoms with E-state index in [1.165, 1.54) is 27.8 Å². The van der Waals surface area contributed by atoms with E-state index in [-0.39, 0.29) is 11.5 Å². The van der Waals surface area contributed by atoms with Gasteiger partial charge >= 0.3 is 0 Å². The Morgan fingerprint density at radius 3 is 2.59 bits per heavy atom. The standard InChI is InChI=1S/C29H30O3/c1-19-14-25(27(15-20(19)2)30-17-21-8-6-5-7-9-21)23-16-22-10-11-26-24(28(22)31-18-23)12-13-29(3,4)32-26/h5-15,23H,16-18H2,1-4H3. The molecule has 0 aliphatic carbocycles. The fourth-order valence-corrected chi connectivity index (χ4v) is 4.51. The van der Waals surface area contributed by atoms with Gasteiger partial charge in [-0.15, -0.1) is 0 Å². The average Bonchev–Trinajstić information content (AvgIpc) is 2.79. The number of benzene rings is 3. The van der Waals surface area contributed by atoms with Crippen molar-refractivity contribution in [2.24, 2.45) is 0 Å². The Balaban J connectivity index is 1.43. The van der Waals surface area contributed by atoms with Crippen molar-refractivity contribution < 1.29 is 14.2 Å². The van der Waals surface area contributed by atoms with Crippen LogP contribution in [0.15, 0.2) is 60.7 Å². The number of fused-ring (bicyclic) bond motifs is 3. The first-order valence-electron chi connectivity index (χ1n) is 11.3. The summed E-state index contributed by atoms with van der Waals surface area (Å²) in [6.45, 7) is 9.63. The van der Waals surface area contributed by atoms with E-state index in [0.717, 1.165) is 29.2 Å². The first kappa shape index (κ1) is 20.7. The molecule has 1 unspecified atom stereocenters. The van der Waals surface area contributed by atoms with Crippen LogP contribution in [0, 0.1) is 13.8 Å². The van der Waals surface area contributed by atoms with E-state index in [4.69, 9.17) is 14.2 Å². The van der Waals surface area contributed by atoms with E-state index in [1.54, 1.807) is 0 Å². The summed E-state index contributed by atoms with van der Waals surface area (Å²) < 4.78 is 18.8. The van der Waals surface area contributed by atoms with E-state index in [0.29, 0.717) is 13.2 Å². The lowest BCUT2D eigenvalue weighted by molar-refractivity contribution is 0.157. The minimum atomic E-state index is -0.289. The molecule has 2 aliphatic heterocycles. The van der Waals surface area contributed by atoms with Crippen LogP contribution in [-0.2, 0) is 13.0 Å². The van der Waals surface area contributed by atoms with Crippen LogP contribution < -0.4 is 14.2 Å². The molecule has 5 rings (SSSR count). The molecule has 0 radical (unpaired) electrons. The zero-order valence-electron chi connectivity index (χ0n) is 19.3. The molecule has 3 aromatic rings. The highest BCUT2D eigenvalue weighted by atomic mass is 16.5. The largest absolute Gasteiger partial charge is 0.492 e. The predicted octanol–water partition coefficient (Wildman–Crippen LogP) is 6.79. The van der Waals surface area contributed by atoms with Crippen molar-refractivity contribution in [2.75, 3.05) is 6.61 Å². The van der Waals surface area contributed by atoms with Crippen molar-refractivity contribution >= 4 is 6.08 Å². The summed E-state index contributed by atoms with van der Waals surface area (Å²) in [4.78, 5) is 0. The van der Waals surface area contributed by atoms with E-state index < -0.39 is 0 Å². The highest BCUT2D eigenvalue weighted by Crippen LogP contribution is 2.44. The van der Waals surface area contributed by atoms with Crippen LogP contribution in [0.1, 0.15) is 53.1 Å². The maximum atomic E-state index is 6.36. The van der Waals surface area contributed by atoms with Crippen molar-refractivity contribution in [2.45, 2.75) is 52.2 Å². The van der Waals surface area contributed by atoms with Gasteiger partial charge in [-0.3, -0.25) is 0 Å². The molecule has 0 N–H and O–H groups in total. The van der Waals surface area contributed by atoms with Crippen LogP contribution in [0.4, 0.5) is 0 Å². The second-order valence-corrected chi connectivity index (χ2v) is 9.47. The van der Waals surface area contributed by atoms with Crippen molar-refractivity contribution in [3.8, 4) is 17.2 Å². The monoisotopic (exact) mass is 426 g/mol. The van der Waals surface area contributed by atoms with Gasteiger partial charge in [0.15, 0.2) is 0 Å². The number of ether oxygens (including phenoxy) is 3. The summed E-state index contributed by atoms with van der Waals surface area (Å²) >= 11 is 0. The minimum Gasteiger partial charge on any atom is -0.492 e. The van der Waals surface area contributed by atoms with Gasteiger partial charge < -0.3 is 14.2 Å². The molecule has 2 aliphatic rings. The Morgan fingerprint density at radius 2 is 1.78 bits per heavy atom.